The van der Waals surface area contributed by atoms with E-state index in [-0.39, 0.29) is 19.0 Å². The molecule has 1 amide bonds. The normalized spacial score (nSPS) is 13.3. The van der Waals surface area contributed by atoms with Gasteiger partial charge in [-0.15, -0.1) is 0 Å². The Morgan fingerprint density at radius 1 is 1.67 bits per heavy atom. The maximum Gasteiger partial charge on any atom is 0.231 e. The van der Waals surface area contributed by atoms with Gasteiger partial charge in [-0.05, 0) is 6.54 Å². The zero-order valence-electron chi connectivity index (χ0n) is 7.36. The standard InChI is InChI=1S/C7H17N3O2/c1-2-10(5-7(9)12)4-6(11)3-8/h6,11H,2-5,8H2,1H3,(H2,9,12). The monoisotopic (exact) mass is 175 g/mol. The number of aliphatic hydroxyl groups excluding tert-OH is 1. The summed E-state index contributed by atoms with van der Waals surface area (Å²) in [4.78, 5) is 12.3. The number of primary amides is 1. The number of hydrogen-bond donors (Lipinski definition) is 3. The van der Waals surface area contributed by atoms with Crippen molar-refractivity contribution in [2.45, 2.75) is 13.0 Å². The fraction of sp³-hybridized carbons (Fsp3) is 0.857. The van der Waals surface area contributed by atoms with Gasteiger partial charge in [-0.25, -0.2) is 0 Å². The summed E-state index contributed by atoms with van der Waals surface area (Å²) >= 11 is 0. The highest BCUT2D eigenvalue weighted by Gasteiger charge is 2.10. The second-order valence-electron chi connectivity index (χ2n) is 2.68. The first-order chi connectivity index (χ1) is 5.60. The molecule has 0 radical (unpaired) electrons. The lowest BCUT2D eigenvalue weighted by molar-refractivity contribution is -0.119. The lowest BCUT2D eigenvalue weighted by atomic mass is 10.3. The van der Waals surface area contributed by atoms with Crippen molar-refractivity contribution in [2.75, 3.05) is 26.2 Å². The Bertz CT molecular complexity index is 141. The molecule has 0 aliphatic carbocycles. The number of nitrogens with zero attached hydrogens (tertiary/aromatic N) is 1. The van der Waals surface area contributed by atoms with E-state index in [4.69, 9.17) is 16.6 Å². The van der Waals surface area contributed by atoms with Crippen molar-refractivity contribution in [3.63, 3.8) is 0 Å². The average molecular weight is 175 g/mol. The van der Waals surface area contributed by atoms with Crippen molar-refractivity contribution >= 4 is 5.91 Å². The molecule has 0 aromatic carbocycles. The summed E-state index contributed by atoms with van der Waals surface area (Å²) in [5.41, 5.74) is 10.2. The van der Waals surface area contributed by atoms with Crippen LogP contribution in [0.4, 0.5) is 0 Å². The molecule has 0 saturated heterocycles. The zero-order valence-corrected chi connectivity index (χ0v) is 7.36. The van der Waals surface area contributed by atoms with Crippen LogP contribution in [0.25, 0.3) is 0 Å². The summed E-state index contributed by atoms with van der Waals surface area (Å²) in [6, 6.07) is 0. The number of nitrogens with two attached hydrogens (primary N) is 2. The smallest absolute Gasteiger partial charge is 0.231 e. The maximum atomic E-state index is 10.5. The molecule has 12 heavy (non-hydrogen) atoms. The number of amides is 1. The molecule has 0 saturated carbocycles. The molecule has 0 aromatic heterocycles. The number of hydrogen-bond acceptors (Lipinski definition) is 4. The molecule has 5 heteroatoms. The van der Waals surface area contributed by atoms with E-state index in [9.17, 15) is 4.79 Å². The van der Waals surface area contributed by atoms with Gasteiger partial charge in [-0.2, -0.15) is 0 Å². The van der Waals surface area contributed by atoms with Crippen molar-refractivity contribution < 1.29 is 9.90 Å². The van der Waals surface area contributed by atoms with Gasteiger partial charge in [0.05, 0.1) is 12.6 Å². The van der Waals surface area contributed by atoms with Gasteiger partial charge in [0.2, 0.25) is 5.91 Å². The SMILES string of the molecule is CCN(CC(N)=O)CC(O)CN. The Hall–Kier alpha value is -0.650. The number of likely N-dealkylation sites (N-methyl/N-ethyl adjacent to an activating group) is 1. The molecule has 1 unspecified atom stereocenters. The lowest BCUT2D eigenvalue weighted by Crippen LogP contribution is -2.40. The van der Waals surface area contributed by atoms with Crippen molar-refractivity contribution in [2.24, 2.45) is 11.5 Å². The topological polar surface area (TPSA) is 92.6 Å². The first-order valence-electron chi connectivity index (χ1n) is 3.99. The summed E-state index contributed by atoms with van der Waals surface area (Å²) in [6.07, 6.45) is -0.579. The zero-order chi connectivity index (χ0) is 9.56. The summed E-state index contributed by atoms with van der Waals surface area (Å²) in [7, 11) is 0. The summed E-state index contributed by atoms with van der Waals surface area (Å²) in [6.45, 7) is 3.35. The van der Waals surface area contributed by atoms with Crippen LogP contribution >= 0.6 is 0 Å². The second kappa shape index (κ2) is 5.93. The predicted octanol–water partition coefficient (Wildman–Crippen LogP) is -1.89. The fourth-order valence-electron chi connectivity index (χ4n) is 0.898. The van der Waals surface area contributed by atoms with E-state index in [0.29, 0.717) is 13.1 Å². The average Bonchev–Trinajstić information content (AvgIpc) is 2.02. The quantitative estimate of drug-likeness (QED) is 0.440. The number of aliphatic hydroxyl groups is 1. The number of carbonyl (C=O) groups is 1. The third-order valence-electron chi connectivity index (χ3n) is 1.57. The van der Waals surface area contributed by atoms with E-state index in [1.165, 1.54) is 0 Å². The van der Waals surface area contributed by atoms with Gasteiger partial charge in [0, 0.05) is 13.1 Å². The Morgan fingerprint density at radius 3 is 2.58 bits per heavy atom. The fourth-order valence-corrected chi connectivity index (χ4v) is 0.898. The van der Waals surface area contributed by atoms with Gasteiger partial charge in [0.1, 0.15) is 0 Å². The number of rotatable bonds is 6. The molecule has 5 N–H and O–H groups in total. The molecular formula is C7H17N3O2. The third-order valence-corrected chi connectivity index (χ3v) is 1.57. The van der Waals surface area contributed by atoms with E-state index in [0.717, 1.165) is 0 Å². The van der Waals surface area contributed by atoms with Crippen molar-refractivity contribution in [1.29, 1.82) is 0 Å². The van der Waals surface area contributed by atoms with Crippen LogP contribution < -0.4 is 11.5 Å². The minimum Gasteiger partial charge on any atom is -0.390 e. The van der Waals surface area contributed by atoms with Gasteiger partial charge < -0.3 is 16.6 Å². The summed E-state index contributed by atoms with van der Waals surface area (Å²) < 4.78 is 0. The molecule has 0 fully saturated rings. The molecule has 0 aliphatic rings. The minimum absolute atomic E-state index is 0.174. The highest BCUT2D eigenvalue weighted by molar-refractivity contribution is 5.75. The van der Waals surface area contributed by atoms with Gasteiger partial charge in [0.15, 0.2) is 0 Å². The van der Waals surface area contributed by atoms with Gasteiger partial charge in [-0.3, -0.25) is 9.69 Å². The van der Waals surface area contributed by atoms with E-state index >= 15 is 0 Å². The van der Waals surface area contributed by atoms with Crippen LogP contribution in [0.3, 0.4) is 0 Å². The van der Waals surface area contributed by atoms with Crippen LogP contribution in [0.1, 0.15) is 6.92 Å². The Kier molecular flexibility index (Phi) is 5.61. The van der Waals surface area contributed by atoms with Crippen LogP contribution in [0.2, 0.25) is 0 Å². The first kappa shape index (κ1) is 11.4. The molecule has 0 heterocycles. The largest absolute Gasteiger partial charge is 0.390 e. The van der Waals surface area contributed by atoms with Crippen molar-refractivity contribution in [3.05, 3.63) is 0 Å². The van der Waals surface area contributed by atoms with E-state index in [1.807, 2.05) is 6.92 Å². The summed E-state index contributed by atoms with van der Waals surface area (Å²) in [5.74, 6) is -0.388. The maximum absolute atomic E-state index is 10.5. The Morgan fingerprint density at radius 2 is 2.25 bits per heavy atom. The Labute approximate surface area is 72.3 Å². The van der Waals surface area contributed by atoms with E-state index in [2.05, 4.69) is 0 Å². The van der Waals surface area contributed by atoms with E-state index in [1.54, 1.807) is 4.90 Å². The second-order valence-corrected chi connectivity index (χ2v) is 2.68. The van der Waals surface area contributed by atoms with Gasteiger partial charge in [0.25, 0.3) is 0 Å². The van der Waals surface area contributed by atoms with Crippen LogP contribution in [-0.2, 0) is 4.79 Å². The number of carbonyl (C=O) groups excluding carboxylic acids is 1. The van der Waals surface area contributed by atoms with Crippen LogP contribution in [0, 0.1) is 0 Å². The highest BCUT2D eigenvalue weighted by atomic mass is 16.3. The van der Waals surface area contributed by atoms with Gasteiger partial charge >= 0.3 is 0 Å². The van der Waals surface area contributed by atoms with E-state index < -0.39 is 6.10 Å². The molecule has 0 aromatic rings. The highest BCUT2D eigenvalue weighted by Crippen LogP contribution is 1.90. The molecule has 1 atom stereocenters. The lowest BCUT2D eigenvalue weighted by Gasteiger charge is -2.20. The minimum atomic E-state index is -0.579. The molecule has 0 spiro atoms. The molecule has 5 nitrogen and oxygen atoms in total. The van der Waals surface area contributed by atoms with Crippen LogP contribution in [0.5, 0.6) is 0 Å². The summed E-state index contributed by atoms with van der Waals surface area (Å²) in [5, 5.41) is 9.15. The molecule has 72 valence electrons. The van der Waals surface area contributed by atoms with Crippen molar-refractivity contribution in [1.82, 2.24) is 4.90 Å². The third kappa shape index (κ3) is 5.06. The van der Waals surface area contributed by atoms with Gasteiger partial charge in [-0.1, -0.05) is 6.92 Å². The molecular weight excluding hydrogens is 158 g/mol. The molecule has 0 bridgehead atoms. The van der Waals surface area contributed by atoms with Crippen LogP contribution in [-0.4, -0.2) is 48.2 Å². The first-order valence-corrected chi connectivity index (χ1v) is 3.99. The molecule has 0 rings (SSSR count). The van der Waals surface area contributed by atoms with Crippen LogP contribution in [0.15, 0.2) is 0 Å². The Balaban J connectivity index is 3.74. The predicted molar refractivity (Wildman–Crippen MR) is 46.4 cm³/mol. The van der Waals surface area contributed by atoms with Crippen molar-refractivity contribution in [3.8, 4) is 0 Å². The molecule has 0 aliphatic heterocycles.